The van der Waals surface area contributed by atoms with E-state index >= 15 is 0 Å². The highest BCUT2D eigenvalue weighted by molar-refractivity contribution is 6.31. The molecule has 2 aliphatic rings. The smallest absolute Gasteiger partial charge is 0.252 e. The number of nitrogens with zero attached hydrogens (tertiary/aromatic N) is 1. The molecule has 1 N–H and O–H groups in total. The lowest BCUT2D eigenvalue weighted by Crippen LogP contribution is -2.31. The van der Waals surface area contributed by atoms with Crippen LogP contribution in [0.25, 0.3) is 0 Å². The molecular weight excluding hydrogens is 380 g/mol. The van der Waals surface area contributed by atoms with Crippen LogP contribution in [-0.2, 0) is 9.53 Å². The van der Waals surface area contributed by atoms with E-state index in [1.54, 1.807) is 19.1 Å². The van der Waals surface area contributed by atoms with Gasteiger partial charge in [-0.2, -0.15) is 0 Å². The first-order valence-corrected chi connectivity index (χ1v) is 9.82. The highest BCUT2D eigenvalue weighted by atomic mass is 35.5. The molecule has 0 aromatic heterocycles. The zero-order chi connectivity index (χ0) is 20.3. The van der Waals surface area contributed by atoms with Gasteiger partial charge < -0.3 is 14.8 Å². The highest BCUT2D eigenvalue weighted by Gasteiger charge is 2.22. The molecule has 0 unspecified atom stereocenters. The average molecular weight is 405 g/mol. The fraction of sp³-hybridized carbons (Fsp3) is 0.476. The van der Waals surface area contributed by atoms with Gasteiger partial charge in [0, 0.05) is 58.9 Å². The van der Waals surface area contributed by atoms with Gasteiger partial charge in [0.1, 0.15) is 11.9 Å². The van der Waals surface area contributed by atoms with E-state index in [9.17, 15) is 9.59 Å². The lowest BCUT2D eigenvalue weighted by molar-refractivity contribution is -0.114. The van der Waals surface area contributed by atoms with Crippen molar-refractivity contribution in [3.63, 3.8) is 0 Å². The summed E-state index contributed by atoms with van der Waals surface area (Å²) in [5.41, 5.74) is 3.15. The molecule has 6 nitrogen and oxygen atoms in total. The summed E-state index contributed by atoms with van der Waals surface area (Å²) < 4.78 is 11.4. The van der Waals surface area contributed by atoms with Crippen molar-refractivity contribution in [1.82, 2.24) is 5.32 Å². The molecule has 1 saturated heterocycles. The van der Waals surface area contributed by atoms with E-state index in [2.05, 4.69) is 10.3 Å². The number of ketones is 1. The van der Waals surface area contributed by atoms with Crippen LogP contribution in [0.1, 0.15) is 49.0 Å². The maximum Gasteiger partial charge on any atom is 0.252 e. The maximum absolute atomic E-state index is 12.8. The van der Waals surface area contributed by atoms with E-state index < -0.39 is 0 Å². The summed E-state index contributed by atoms with van der Waals surface area (Å²) in [6.07, 6.45) is 1.96. The highest BCUT2D eigenvalue weighted by Crippen LogP contribution is 2.29. The van der Waals surface area contributed by atoms with Crippen molar-refractivity contribution < 1.29 is 19.1 Å². The summed E-state index contributed by atoms with van der Waals surface area (Å²) in [7, 11) is 0. The van der Waals surface area contributed by atoms with Crippen LogP contribution in [0.3, 0.4) is 0 Å². The van der Waals surface area contributed by atoms with E-state index in [4.69, 9.17) is 21.1 Å². The number of halogens is 1. The van der Waals surface area contributed by atoms with Crippen LogP contribution in [0, 0.1) is 6.92 Å². The van der Waals surface area contributed by atoms with Gasteiger partial charge in [-0.05, 0) is 32.9 Å². The summed E-state index contributed by atoms with van der Waals surface area (Å²) >= 11 is 6.23. The molecule has 0 atom stereocenters. The minimum absolute atomic E-state index is 0.00310. The molecule has 0 spiro atoms. The Balaban J connectivity index is 1.74. The Morgan fingerprint density at radius 2 is 2.00 bits per heavy atom. The summed E-state index contributed by atoms with van der Waals surface area (Å²) in [5.74, 6) is 0.307. The summed E-state index contributed by atoms with van der Waals surface area (Å²) in [4.78, 5) is 29.3. The third-order valence-corrected chi connectivity index (χ3v) is 5.22. The number of benzene rings is 1. The first-order chi connectivity index (χ1) is 13.3. The second-order valence-electron chi connectivity index (χ2n) is 7.20. The van der Waals surface area contributed by atoms with E-state index in [0.29, 0.717) is 47.2 Å². The zero-order valence-electron chi connectivity index (χ0n) is 16.4. The molecule has 0 radical (unpaired) electrons. The number of rotatable bonds is 5. The topological polar surface area (TPSA) is 77.0 Å². The van der Waals surface area contributed by atoms with Crippen molar-refractivity contribution in [2.75, 3.05) is 19.8 Å². The third-order valence-electron chi connectivity index (χ3n) is 5.01. The van der Waals surface area contributed by atoms with Crippen molar-refractivity contribution in [1.29, 1.82) is 0 Å². The van der Waals surface area contributed by atoms with Gasteiger partial charge in [-0.15, -0.1) is 0 Å². The number of amides is 1. The van der Waals surface area contributed by atoms with Crippen LogP contribution in [0.15, 0.2) is 28.4 Å². The van der Waals surface area contributed by atoms with Crippen LogP contribution < -0.4 is 10.1 Å². The molecule has 7 heteroatoms. The molecule has 1 fully saturated rings. The number of Topliss-reactive ketones (excluding diaryl/α,β-unsaturated/α-hetero) is 1. The van der Waals surface area contributed by atoms with Gasteiger partial charge in [-0.25, -0.2) is 0 Å². The molecule has 1 aromatic rings. The molecule has 0 bridgehead atoms. The van der Waals surface area contributed by atoms with E-state index in [1.807, 2.05) is 13.8 Å². The minimum atomic E-state index is -0.295. The molecule has 150 valence electrons. The summed E-state index contributed by atoms with van der Waals surface area (Å²) in [5, 5.41) is 3.25. The number of carbonyl (C=O) groups is 2. The number of allylic oxidation sites excluding steroid dienone is 1. The Kier molecular flexibility index (Phi) is 6.52. The van der Waals surface area contributed by atoms with Crippen LogP contribution in [0.5, 0.6) is 5.75 Å². The Morgan fingerprint density at radius 1 is 1.29 bits per heavy atom. The van der Waals surface area contributed by atoms with Crippen LogP contribution in [-0.4, -0.2) is 43.3 Å². The molecular formula is C21H25ClN2O4. The van der Waals surface area contributed by atoms with Crippen molar-refractivity contribution >= 4 is 29.0 Å². The zero-order valence-corrected chi connectivity index (χ0v) is 17.2. The summed E-state index contributed by atoms with van der Waals surface area (Å²) in [6.45, 7) is 6.93. The first-order valence-electron chi connectivity index (χ1n) is 9.45. The Bertz CT molecular complexity index is 854. The number of aliphatic imine (C=N–C) groups is 1. The van der Waals surface area contributed by atoms with Crippen molar-refractivity contribution in [3.8, 4) is 5.75 Å². The van der Waals surface area contributed by atoms with E-state index in [1.165, 1.54) is 0 Å². The lowest BCUT2D eigenvalue weighted by Gasteiger charge is -2.25. The van der Waals surface area contributed by atoms with E-state index in [-0.39, 0.29) is 24.3 Å². The second kappa shape index (κ2) is 8.88. The van der Waals surface area contributed by atoms with Gasteiger partial charge in [-0.3, -0.25) is 14.6 Å². The quantitative estimate of drug-likeness (QED) is 0.812. The van der Waals surface area contributed by atoms with Crippen molar-refractivity contribution in [3.05, 3.63) is 39.6 Å². The summed E-state index contributed by atoms with van der Waals surface area (Å²) in [6, 6.07) is 3.35. The first kappa shape index (κ1) is 20.6. The van der Waals surface area contributed by atoms with Gasteiger partial charge in [0.15, 0.2) is 5.78 Å². The average Bonchev–Trinajstić information content (AvgIpc) is 2.64. The predicted molar refractivity (Wildman–Crippen MR) is 108 cm³/mol. The Morgan fingerprint density at radius 3 is 2.68 bits per heavy atom. The molecule has 2 heterocycles. The van der Waals surface area contributed by atoms with Crippen LogP contribution >= 0.6 is 11.6 Å². The standard InChI is InChI=1S/C21H25ClN2O4/c1-12-8-19(25)18(14(3)24-12)11-23-21(26)17-9-15(22)10-20(13(17)2)28-16-4-6-27-7-5-16/h9-10,16H,4-8,11H2,1-3H3,(H,23,26). The monoisotopic (exact) mass is 404 g/mol. The Hall–Kier alpha value is -2.18. The SMILES string of the molecule is CC1=NC(C)=C(CNC(=O)c2cc(Cl)cc(OC3CCOCC3)c2C)C(=O)C1. The van der Waals surface area contributed by atoms with Gasteiger partial charge in [-0.1, -0.05) is 11.6 Å². The fourth-order valence-corrected chi connectivity index (χ4v) is 3.62. The number of hydrogen-bond donors (Lipinski definition) is 1. The number of ether oxygens (including phenoxy) is 2. The van der Waals surface area contributed by atoms with Crippen molar-refractivity contribution in [2.45, 2.75) is 46.1 Å². The van der Waals surface area contributed by atoms with Crippen LogP contribution in [0.4, 0.5) is 0 Å². The van der Waals surface area contributed by atoms with Gasteiger partial charge >= 0.3 is 0 Å². The fourth-order valence-electron chi connectivity index (χ4n) is 3.41. The van der Waals surface area contributed by atoms with Crippen molar-refractivity contribution in [2.24, 2.45) is 4.99 Å². The maximum atomic E-state index is 12.8. The van der Waals surface area contributed by atoms with E-state index in [0.717, 1.165) is 24.1 Å². The predicted octanol–water partition coefficient (Wildman–Crippen LogP) is 3.64. The molecule has 1 amide bonds. The van der Waals surface area contributed by atoms with Gasteiger partial charge in [0.25, 0.3) is 5.91 Å². The number of nitrogens with one attached hydrogen (secondary N) is 1. The lowest BCUT2D eigenvalue weighted by atomic mass is 10.0. The third kappa shape index (κ3) is 4.80. The van der Waals surface area contributed by atoms with Crippen LogP contribution in [0.2, 0.25) is 5.02 Å². The molecule has 3 rings (SSSR count). The largest absolute Gasteiger partial charge is 0.490 e. The molecule has 1 aromatic carbocycles. The van der Waals surface area contributed by atoms with Gasteiger partial charge in [0.2, 0.25) is 0 Å². The number of carbonyl (C=O) groups excluding carboxylic acids is 2. The minimum Gasteiger partial charge on any atom is -0.490 e. The molecule has 2 aliphatic heterocycles. The Labute approximate surface area is 170 Å². The molecule has 0 aliphatic carbocycles. The second-order valence-corrected chi connectivity index (χ2v) is 7.64. The molecule has 28 heavy (non-hydrogen) atoms. The number of hydrogen-bond acceptors (Lipinski definition) is 5. The molecule has 0 saturated carbocycles. The normalized spacial score (nSPS) is 18.1. The van der Waals surface area contributed by atoms with Gasteiger partial charge in [0.05, 0.1) is 13.2 Å².